The molecule has 0 rings (SSSR count). The Labute approximate surface area is 132 Å². The Morgan fingerprint density at radius 1 is 0.875 bits per heavy atom. The summed E-state index contributed by atoms with van der Waals surface area (Å²) in [7, 11) is -5.61. The molecule has 0 amide bonds. The second-order valence-electron chi connectivity index (χ2n) is 0.500. The Morgan fingerprint density at radius 3 is 0.875 bits per heavy atom. The molecule has 0 atom stereocenters. The summed E-state index contributed by atoms with van der Waals surface area (Å²) in [4.78, 5) is 34.3. The van der Waals surface area contributed by atoms with Gasteiger partial charge in [-0.25, -0.2) is 0 Å². The molecule has 0 aromatic rings. The molecule has 0 bridgehead atoms. The zero-order valence-corrected chi connectivity index (χ0v) is 12.0. The normalized spacial score (nSPS) is 7.50. The summed E-state index contributed by atoms with van der Waals surface area (Å²) in [6, 6.07) is 0. The van der Waals surface area contributed by atoms with Crippen LogP contribution in [0.15, 0.2) is 0 Å². The summed E-state index contributed by atoms with van der Waals surface area (Å²) in [5, 5.41) is 0. The fourth-order valence-corrected chi connectivity index (χ4v) is 0. The summed E-state index contributed by atoms with van der Waals surface area (Å²) >= 11 is 0. The van der Waals surface area contributed by atoms with Gasteiger partial charge in [-0.05, 0) is 0 Å². The van der Waals surface area contributed by atoms with Crippen LogP contribution in [0.4, 0.5) is 0 Å². The molecule has 0 saturated heterocycles. The van der Waals surface area contributed by atoms with E-state index in [9.17, 15) is 0 Å². The first-order valence-electron chi connectivity index (χ1n) is 0.816. The SMILES string of the molecule is [Ca+2].[Ca+2].[H-].[Na+].[O-][Si]([O-])([O-])[O-]. The Bertz CT molecular complexity index is 34.0. The van der Waals surface area contributed by atoms with Crippen LogP contribution in [-0.2, 0) is 0 Å². The molecule has 0 aliphatic rings. The molecule has 8 heteroatoms. The first-order valence-corrected chi connectivity index (χ1v) is 2.45. The maximum atomic E-state index is 8.58. The Morgan fingerprint density at radius 2 is 0.875 bits per heavy atom. The number of rotatable bonds is 0. The van der Waals surface area contributed by atoms with Crippen molar-refractivity contribution in [2.45, 2.75) is 0 Å². The van der Waals surface area contributed by atoms with Gasteiger partial charge < -0.3 is 29.7 Å². The van der Waals surface area contributed by atoms with Gasteiger partial charge in [-0.1, -0.05) is 0 Å². The van der Waals surface area contributed by atoms with E-state index in [1.807, 2.05) is 0 Å². The number of hydrogen-bond acceptors (Lipinski definition) is 4. The van der Waals surface area contributed by atoms with E-state index >= 15 is 0 Å². The van der Waals surface area contributed by atoms with Crippen LogP contribution in [0.25, 0.3) is 0 Å². The monoisotopic (exact) mass is 196 g/mol. The van der Waals surface area contributed by atoms with Gasteiger partial charge in [0.2, 0.25) is 0 Å². The quantitative estimate of drug-likeness (QED) is 0.360. The van der Waals surface area contributed by atoms with Gasteiger partial charge in [0.15, 0.2) is 0 Å². The molecule has 4 nitrogen and oxygen atoms in total. The van der Waals surface area contributed by atoms with Gasteiger partial charge in [0.05, 0.1) is 0 Å². The number of hydrogen-bond donors (Lipinski definition) is 0. The molecular weight excluding hydrogens is 195 g/mol. The molecule has 8 heavy (non-hydrogen) atoms. The van der Waals surface area contributed by atoms with Gasteiger partial charge in [-0.2, -0.15) is 0 Å². The standard InChI is InChI=1S/2Ca.Na.O4Si.H/c;;;1-5(2,3)4;/q2*+2;+1;-4;-1. The maximum Gasteiger partial charge on any atom is 2.00 e. The average Bonchev–Trinajstić information content (AvgIpc) is 0.722. The summed E-state index contributed by atoms with van der Waals surface area (Å²) in [6.45, 7) is 0. The Balaban J connectivity index is -0.0000000133. The predicted molar refractivity (Wildman–Crippen MR) is 18.4 cm³/mol. The van der Waals surface area contributed by atoms with Crippen molar-refractivity contribution in [3.8, 4) is 0 Å². The molecule has 0 spiro atoms. The van der Waals surface area contributed by atoms with Gasteiger partial charge in [-0.15, -0.1) is 0 Å². The first kappa shape index (κ1) is 22.6. The molecule has 0 aliphatic heterocycles. The van der Waals surface area contributed by atoms with Crippen molar-refractivity contribution in [2.24, 2.45) is 0 Å². The van der Waals surface area contributed by atoms with Crippen LogP contribution in [0.5, 0.6) is 0 Å². The van der Waals surface area contributed by atoms with Crippen LogP contribution in [0.2, 0.25) is 0 Å². The molecule has 0 aromatic carbocycles. The zero-order valence-electron chi connectivity index (χ0n) is 5.55. The third-order valence-corrected chi connectivity index (χ3v) is 0. The van der Waals surface area contributed by atoms with Crippen LogP contribution in [0.3, 0.4) is 0 Å². The fourth-order valence-electron chi connectivity index (χ4n) is 0. The van der Waals surface area contributed by atoms with E-state index in [0.717, 1.165) is 0 Å². The van der Waals surface area contributed by atoms with E-state index in [4.69, 9.17) is 19.2 Å². The summed E-state index contributed by atoms with van der Waals surface area (Å²) in [5.74, 6) is 0. The van der Waals surface area contributed by atoms with E-state index in [1.165, 1.54) is 0 Å². The molecule has 0 heterocycles. The van der Waals surface area contributed by atoms with Crippen molar-refractivity contribution in [1.29, 1.82) is 0 Å². The minimum absolute atomic E-state index is 0. The van der Waals surface area contributed by atoms with Crippen molar-refractivity contribution in [3.63, 3.8) is 0 Å². The summed E-state index contributed by atoms with van der Waals surface area (Å²) in [6.07, 6.45) is 0. The molecule has 0 N–H and O–H groups in total. The van der Waals surface area contributed by atoms with Crippen LogP contribution < -0.4 is 48.7 Å². The first-order chi connectivity index (χ1) is 2.00. The Kier molecular flexibility index (Phi) is 29.8. The smallest absolute Gasteiger partial charge is 1.00 e. The predicted octanol–water partition coefficient (Wildman–Crippen LogP) is -8.78. The van der Waals surface area contributed by atoms with E-state index in [-0.39, 0.29) is 106 Å². The molecule has 0 aromatic heterocycles. The fraction of sp³-hybridized carbons (Fsp3) is 0. The summed E-state index contributed by atoms with van der Waals surface area (Å²) in [5.41, 5.74) is 0. The van der Waals surface area contributed by atoms with E-state index in [1.54, 1.807) is 0 Å². The van der Waals surface area contributed by atoms with E-state index < -0.39 is 9.05 Å². The van der Waals surface area contributed by atoms with Gasteiger partial charge in [0.1, 0.15) is 0 Å². The molecule has 0 fully saturated rings. The molecule has 0 unspecified atom stereocenters. The van der Waals surface area contributed by atoms with Crippen molar-refractivity contribution in [2.75, 3.05) is 0 Å². The van der Waals surface area contributed by atoms with Crippen molar-refractivity contribution in [1.82, 2.24) is 0 Å². The second-order valence-corrected chi connectivity index (χ2v) is 1.50. The zero-order chi connectivity index (χ0) is 4.50. The second kappa shape index (κ2) is 10.6. The van der Waals surface area contributed by atoms with Gasteiger partial charge in [0.25, 0.3) is 0 Å². The minimum atomic E-state index is -5.61. The van der Waals surface area contributed by atoms with Crippen LogP contribution in [0.1, 0.15) is 1.43 Å². The molecule has 0 radical (unpaired) electrons. The van der Waals surface area contributed by atoms with Crippen LogP contribution >= 0.6 is 0 Å². The Hall–Kier alpha value is 3.58. The van der Waals surface area contributed by atoms with Crippen molar-refractivity contribution < 1.29 is 50.2 Å². The third-order valence-electron chi connectivity index (χ3n) is 0. The van der Waals surface area contributed by atoms with Gasteiger partial charge >= 0.3 is 105 Å². The molecule has 0 aliphatic carbocycles. The van der Waals surface area contributed by atoms with Crippen molar-refractivity contribution >= 4 is 84.5 Å². The van der Waals surface area contributed by atoms with Crippen LogP contribution in [-0.4, -0.2) is 84.5 Å². The van der Waals surface area contributed by atoms with Crippen molar-refractivity contribution in [3.05, 3.63) is 0 Å². The van der Waals surface area contributed by atoms with Gasteiger partial charge in [-0.3, -0.25) is 0 Å². The topological polar surface area (TPSA) is 92.2 Å². The summed E-state index contributed by atoms with van der Waals surface area (Å²) < 4.78 is 0. The average molecular weight is 196 g/mol. The maximum absolute atomic E-state index is 8.58. The molecule has 0 saturated carbocycles. The van der Waals surface area contributed by atoms with Crippen LogP contribution in [0, 0.1) is 0 Å². The minimum Gasteiger partial charge on any atom is -1.00 e. The molecular formula is HCa2NaO4Si. The van der Waals surface area contributed by atoms with Gasteiger partial charge in [0, 0.05) is 0 Å². The largest absolute Gasteiger partial charge is 2.00 e. The molecule has 34 valence electrons. The van der Waals surface area contributed by atoms with E-state index in [2.05, 4.69) is 0 Å². The van der Waals surface area contributed by atoms with E-state index in [0.29, 0.717) is 0 Å². The third kappa shape index (κ3) is 55.1.